The molecule has 3 N–H and O–H groups in total. The summed E-state index contributed by atoms with van der Waals surface area (Å²) in [6.07, 6.45) is 7.16. The highest BCUT2D eigenvalue weighted by Gasteiger charge is 2.20. The third-order valence-corrected chi connectivity index (χ3v) is 7.01. The molecule has 0 spiro atoms. The van der Waals surface area contributed by atoms with Gasteiger partial charge >= 0.3 is 12.0 Å². The van der Waals surface area contributed by atoms with Crippen LogP contribution in [0.5, 0.6) is 6.01 Å². The Labute approximate surface area is 230 Å². The normalized spacial score (nSPS) is 13.5. The zero-order valence-electron chi connectivity index (χ0n) is 23.2. The minimum Gasteiger partial charge on any atom is -0.480 e. The van der Waals surface area contributed by atoms with E-state index in [2.05, 4.69) is 55.7 Å². The summed E-state index contributed by atoms with van der Waals surface area (Å²) in [5.41, 5.74) is 4.55. The molecule has 0 amide bonds. The first-order valence-corrected chi connectivity index (χ1v) is 13.7. The van der Waals surface area contributed by atoms with Gasteiger partial charge in [0.2, 0.25) is 0 Å². The number of ether oxygens (including phenoxy) is 1. The van der Waals surface area contributed by atoms with Crippen molar-refractivity contribution in [2.75, 3.05) is 43.9 Å². The van der Waals surface area contributed by atoms with Gasteiger partial charge in [0, 0.05) is 37.2 Å². The van der Waals surface area contributed by atoms with Crippen LogP contribution in [0.4, 0.5) is 11.6 Å². The van der Waals surface area contributed by atoms with E-state index in [0.29, 0.717) is 18.8 Å². The molecule has 3 aromatic rings. The van der Waals surface area contributed by atoms with Gasteiger partial charge in [-0.2, -0.15) is 10.1 Å². The number of carboxylic acid groups (broad SMARTS) is 1. The molecule has 0 aliphatic carbocycles. The van der Waals surface area contributed by atoms with Crippen LogP contribution < -0.4 is 15.4 Å². The SMILES string of the molecule is COc1nccc(N[C@@H](CCN(CCCCc2ccc3c(n2)NCCC3)CCn2nc(C)cc2C)C(=O)O)n1. The summed E-state index contributed by atoms with van der Waals surface area (Å²) in [5, 5.41) is 20.9. The number of hydrogen-bond acceptors (Lipinski definition) is 9. The summed E-state index contributed by atoms with van der Waals surface area (Å²) < 4.78 is 7.08. The van der Waals surface area contributed by atoms with Gasteiger partial charge in [0.15, 0.2) is 0 Å². The lowest BCUT2D eigenvalue weighted by molar-refractivity contribution is -0.138. The smallest absolute Gasteiger partial charge is 0.326 e. The van der Waals surface area contributed by atoms with Crippen LogP contribution in [0.25, 0.3) is 0 Å². The average molecular weight is 537 g/mol. The van der Waals surface area contributed by atoms with Crippen LogP contribution >= 0.6 is 0 Å². The Bertz CT molecular complexity index is 1230. The van der Waals surface area contributed by atoms with E-state index in [9.17, 15) is 9.90 Å². The lowest BCUT2D eigenvalue weighted by Crippen LogP contribution is -2.37. The van der Waals surface area contributed by atoms with E-state index < -0.39 is 12.0 Å². The van der Waals surface area contributed by atoms with E-state index in [-0.39, 0.29) is 6.01 Å². The van der Waals surface area contributed by atoms with Gasteiger partial charge in [-0.05, 0) is 82.7 Å². The molecule has 0 bridgehead atoms. The van der Waals surface area contributed by atoms with Crippen LogP contribution in [0, 0.1) is 13.8 Å². The Hall–Kier alpha value is -3.73. The van der Waals surface area contributed by atoms with Crippen LogP contribution in [0.3, 0.4) is 0 Å². The maximum Gasteiger partial charge on any atom is 0.326 e. The number of methoxy groups -OCH3 is 1. The quantitative estimate of drug-likeness (QED) is 0.249. The van der Waals surface area contributed by atoms with Gasteiger partial charge in [0.05, 0.1) is 19.3 Å². The number of carbonyl (C=O) groups is 1. The Balaban J connectivity index is 1.33. The number of aryl methyl sites for hydroxylation is 4. The number of carboxylic acids is 1. The van der Waals surface area contributed by atoms with Gasteiger partial charge in [-0.25, -0.2) is 14.8 Å². The number of nitrogens with zero attached hydrogens (tertiary/aromatic N) is 6. The molecule has 3 aromatic heterocycles. The van der Waals surface area contributed by atoms with Crippen molar-refractivity contribution in [3.8, 4) is 6.01 Å². The van der Waals surface area contributed by atoms with Crippen LogP contribution in [-0.2, 0) is 24.2 Å². The molecule has 0 fully saturated rings. The fourth-order valence-electron chi connectivity index (χ4n) is 4.89. The van der Waals surface area contributed by atoms with Crippen molar-refractivity contribution < 1.29 is 14.6 Å². The van der Waals surface area contributed by atoms with Crippen LogP contribution in [0.15, 0.2) is 30.5 Å². The molecule has 0 saturated heterocycles. The highest BCUT2D eigenvalue weighted by molar-refractivity contribution is 5.76. The Morgan fingerprint density at radius 2 is 2.08 bits per heavy atom. The predicted molar refractivity (Wildman–Crippen MR) is 150 cm³/mol. The molecule has 11 nitrogen and oxygen atoms in total. The second-order valence-corrected chi connectivity index (χ2v) is 10.0. The van der Waals surface area contributed by atoms with Crippen molar-refractivity contribution in [3.05, 3.63) is 53.1 Å². The molecule has 4 heterocycles. The fraction of sp³-hybridized carbons (Fsp3) is 0.536. The number of aliphatic carboxylic acids is 1. The van der Waals surface area contributed by atoms with Crippen molar-refractivity contribution in [1.29, 1.82) is 0 Å². The van der Waals surface area contributed by atoms with E-state index in [0.717, 1.165) is 81.2 Å². The first-order chi connectivity index (χ1) is 18.9. The molecule has 0 aromatic carbocycles. The van der Waals surface area contributed by atoms with Gasteiger partial charge in [-0.3, -0.25) is 4.68 Å². The van der Waals surface area contributed by atoms with E-state index in [4.69, 9.17) is 9.72 Å². The second-order valence-electron chi connectivity index (χ2n) is 10.0. The number of anilines is 2. The molecule has 0 radical (unpaired) electrons. The summed E-state index contributed by atoms with van der Waals surface area (Å²) in [6.45, 7) is 8.10. The molecule has 0 unspecified atom stereocenters. The summed E-state index contributed by atoms with van der Waals surface area (Å²) in [5.74, 6) is 0.549. The molecule has 11 heteroatoms. The first-order valence-electron chi connectivity index (χ1n) is 13.7. The fourth-order valence-corrected chi connectivity index (χ4v) is 4.89. The zero-order chi connectivity index (χ0) is 27.6. The van der Waals surface area contributed by atoms with Gasteiger partial charge in [0.25, 0.3) is 0 Å². The van der Waals surface area contributed by atoms with Crippen molar-refractivity contribution >= 4 is 17.6 Å². The van der Waals surface area contributed by atoms with Crippen molar-refractivity contribution in [1.82, 2.24) is 29.6 Å². The van der Waals surface area contributed by atoms with Gasteiger partial charge in [0.1, 0.15) is 17.7 Å². The van der Waals surface area contributed by atoms with Gasteiger partial charge in [-0.1, -0.05) is 6.07 Å². The third-order valence-electron chi connectivity index (χ3n) is 7.01. The summed E-state index contributed by atoms with van der Waals surface area (Å²) in [6, 6.07) is 7.48. The van der Waals surface area contributed by atoms with Crippen LogP contribution in [-0.4, -0.2) is 80.0 Å². The average Bonchev–Trinajstić information content (AvgIpc) is 3.27. The highest BCUT2D eigenvalue weighted by Crippen LogP contribution is 2.20. The number of nitrogens with one attached hydrogen (secondary N) is 2. The Morgan fingerprint density at radius 1 is 1.21 bits per heavy atom. The van der Waals surface area contributed by atoms with Crippen LogP contribution in [0.1, 0.15) is 48.3 Å². The van der Waals surface area contributed by atoms with E-state index in [1.54, 1.807) is 12.3 Å². The summed E-state index contributed by atoms with van der Waals surface area (Å²) in [4.78, 5) is 27.4. The van der Waals surface area contributed by atoms with Crippen molar-refractivity contribution in [2.45, 2.75) is 65.0 Å². The standard InChI is InChI=1S/C28H40N8O3/c1-20-19-21(2)36(34-20)18-17-35(15-5-4-8-23-10-9-22-7-6-13-29-26(22)31-23)16-12-24(27(37)38)32-25-11-14-30-28(33-25)39-3/h9-11,14,19,24H,4-8,12-13,15-18H2,1-3H3,(H,29,31)(H,37,38)(H,30,32,33)/t24-/m0/s1. The summed E-state index contributed by atoms with van der Waals surface area (Å²) >= 11 is 0. The van der Waals surface area contributed by atoms with Gasteiger partial charge in [-0.15, -0.1) is 0 Å². The molecule has 1 aliphatic rings. The molecule has 39 heavy (non-hydrogen) atoms. The molecule has 4 rings (SSSR count). The minimum absolute atomic E-state index is 0.194. The van der Waals surface area contributed by atoms with E-state index in [1.165, 1.54) is 12.7 Å². The maximum absolute atomic E-state index is 12.0. The minimum atomic E-state index is -0.918. The lowest BCUT2D eigenvalue weighted by atomic mass is 10.1. The second kappa shape index (κ2) is 13.9. The lowest BCUT2D eigenvalue weighted by Gasteiger charge is -2.25. The maximum atomic E-state index is 12.0. The molecular formula is C28H40N8O3. The molecule has 1 aliphatic heterocycles. The number of hydrogen-bond donors (Lipinski definition) is 3. The largest absolute Gasteiger partial charge is 0.480 e. The molecular weight excluding hydrogens is 496 g/mol. The van der Waals surface area contributed by atoms with E-state index >= 15 is 0 Å². The van der Waals surface area contributed by atoms with Crippen LogP contribution in [0.2, 0.25) is 0 Å². The molecule has 1 atom stereocenters. The Morgan fingerprint density at radius 3 is 2.85 bits per heavy atom. The van der Waals surface area contributed by atoms with Crippen molar-refractivity contribution in [3.63, 3.8) is 0 Å². The molecule has 210 valence electrons. The van der Waals surface area contributed by atoms with Gasteiger partial charge < -0.3 is 25.4 Å². The zero-order valence-corrected chi connectivity index (χ0v) is 23.2. The predicted octanol–water partition coefficient (Wildman–Crippen LogP) is 3.33. The third kappa shape index (κ3) is 8.38. The number of pyridine rings is 1. The highest BCUT2D eigenvalue weighted by atomic mass is 16.5. The number of fused-ring (bicyclic) bond motifs is 1. The first kappa shape index (κ1) is 28.3. The monoisotopic (exact) mass is 536 g/mol. The molecule has 0 saturated carbocycles. The number of aromatic nitrogens is 5. The summed E-state index contributed by atoms with van der Waals surface area (Å²) in [7, 11) is 1.48. The topological polar surface area (TPSA) is 130 Å². The van der Waals surface area contributed by atoms with E-state index in [1.807, 2.05) is 11.6 Å². The number of unbranched alkanes of at least 4 members (excludes halogenated alkanes) is 1. The van der Waals surface area contributed by atoms with Crippen molar-refractivity contribution in [2.24, 2.45) is 0 Å². The number of rotatable bonds is 15. The Kier molecular flexibility index (Phi) is 10.1.